The summed E-state index contributed by atoms with van der Waals surface area (Å²) < 4.78 is 0. The number of rotatable bonds is 8. The zero-order chi connectivity index (χ0) is 16.5. The number of nitrogens with one attached hydrogen (secondary N) is 1. The van der Waals surface area contributed by atoms with E-state index in [1.165, 1.54) is 6.07 Å². The Morgan fingerprint density at radius 2 is 1.83 bits per heavy atom. The SMILES string of the molecule is O=[N+]([O-])c1ccccc1/C=C/CNCC(O)Cc1ccccc1. The van der Waals surface area contributed by atoms with Crippen LogP contribution in [0, 0.1) is 10.1 Å². The van der Waals surface area contributed by atoms with E-state index >= 15 is 0 Å². The molecule has 0 saturated carbocycles. The van der Waals surface area contributed by atoms with Gasteiger partial charge in [-0.3, -0.25) is 10.1 Å². The third-order valence-electron chi connectivity index (χ3n) is 3.39. The van der Waals surface area contributed by atoms with Crippen molar-refractivity contribution in [1.29, 1.82) is 0 Å². The van der Waals surface area contributed by atoms with E-state index in [1.54, 1.807) is 24.3 Å². The minimum Gasteiger partial charge on any atom is -0.391 e. The summed E-state index contributed by atoms with van der Waals surface area (Å²) in [5, 5.41) is 24.0. The highest BCUT2D eigenvalue weighted by Crippen LogP contribution is 2.18. The number of aliphatic hydroxyl groups is 1. The summed E-state index contributed by atoms with van der Waals surface area (Å²) >= 11 is 0. The van der Waals surface area contributed by atoms with Gasteiger partial charge in [-0.05, 0) is 18.1 Å². The lowest BCUT2D eigenvalue weighted by atomic mass is 10.1. The van der Waals surface area contributed by atoms with E-state index in [0.29, 0.717) is 25.1 Å². The molecule has 0 saturated heterocycles. The normalized spacial score (nSPS) is 12.4. The Morgan fingerprint density at radius 3 is 2.57 bits per heavy atom. The van der Waals surface area contributed by atoms with Crippen molar-refractivity contribution in [2.45, 2.75) is 12.5 Å². The fourth-order valence-corrected chi connectivity index (χ4v) is 2.27. The molecule has 2 aromatic carbocycles. The van der Waals surface area contributed by atoms with Gasteiger partial charge >= 0.3 is 0 Å². The third kappa shape index (κ3) is 5.65. The first kappa shape index (κ1) is 16.9. The van der Waals surface area contributed by atoms with Crippen LogP contribution < -0.4 is 5.32 Å². The summed E-state index contributed by atoms with van der Waals surface area (Å²) in [4.78, 5) is 10.5. The Labute approximate surface area is 135 Å². The zero-order valence-electron chi connectivity index (χ0n) is 12.8. The molecule has 0 bridgehead atoms. The lowest BCUT2D eigenvalue weighted by Gasteiger charge is -2.10. The topological polar surface area (TPSA) is 75.4 Å². The van der Waals surface area contributed by atoms with E-state index in [0.717, 1.165) is 5.56 Å². The van der Waals surface area contributed by atoms with Gasteiger partial charge in [0.15, 0.2) is 0 Å². The molecule has 0 spiro atoms. The van der Waals surface area contributed by atoms with Crippen molar-refractivity contribution in [2.75, 3.05) is 13.1 Å². The van der Waals surface area contributed by atoms with Crippen LogP contribution in [-0.4, -0.2) is 29.2 Å². The Bertz CT molecular complexity index is 656. The Balaban J connectivity index is 1.76. The summed E-state index contributed by atoms with van der Waals surface area (Å²) in [6, 6.07) is 16.4. The van der Waals surface area contributed by atoms with Gasteiger partial charge in [-0.1, -0.05) is 54.6 Å². The van der Waals surface area contributed by atoms with Gasteiger partial charge in [-0.15, -0.1) is 0 Å². The van der Waals surface area contributed by atoms with Crippen molar-refractivity contribution in [2.24, 2.45) is 0 Å². The Morgan fingerprint density at radius 1 is 1.13 bits per heavy atom. The van der Waals surface area contributed by atoms with Crippen LogP contribution in [0.5, 0.6) is 0 Å². The summed E-state index contributed by atoms with van der Waals surface area (Å²) in [6.07, 6.45) is 3.67. The lowest BCUT2D eigenvalue weighted by molar-refractivity contribution is -0.385. The van der Waals surface area contributed by atoms with Crippen molar-refractivity contribution in [3.05, 3.63) is 81.9 Å². The molecule has 5 nitrogen and oxygen atoms in total. The molecule has 0 radical (unpaired) electrons. The average Bonchev–Trinajstić information content (AvgIpc) is 2.55. The minimum absolute atomic E-state index is 0.0906. The largest absolute Gasteiger partial charge is 0.391 e. The lowest BCUT2D eigenvalue weighted by Crippen LogP contribution is -2.28. The number of para-hydroxylation sites is 1. The second-order valence-electron chi connectivity index (χ2n) is 5.22. The number of nitro groups is 1. The van der Waals surface area contributed by atoms with Gasteiger partial charge in [0.2, 0.25) is 0 Å². The number of benzene rings is 2. The molecule has 0 heterocycles. The standard InChI is InChI=1S/C18H20N2O3/c21-17(13-15-7-2-1-3-8-15)14-19-12-6-10-16-9-4-5-11-18(16)20(22)23/h1-11,17,19,21H,12-14H2/b10-6+. The van der Waals surface area contributed by atoms with Crippen molar-refractivity contribution in [3.63, 3.8) is 0 Å². The van der Waals surface area contributed by atoms with E-state index in [4.69, 9.17) is 0 Å². The highest BCUT2D eigenvalue weighted by molar-refractivity contribution is 5.60. The fourth-order valence-electron chi connectivity index (χ4n) is 2.27. The van der Waals surface area contributed by atoms with Gasteiger partial charge < -0.3 is 10.4 Å². The molecule has 0 aliphatic carbocycles. The molecule has 0 aromatic heterocycles. The number of hydrogen-bond acceptors (Lipinski definition) is 4. The Hall–Kier alpha value is -2.50. The van der Waals surface area contributed by atoms with Crippen molar-refractivity contribution in [3.8, 4) is 0 Å². The van der Waals surface area contributed by atoms with Gasteiger partial charge in [0.05, 0.1) is 16.6 Å². The fraction of sp³-hybridized carbons (Fsp3) is 0.222. The molecule has 0 aliphatic rings. The van der Waals surface area contributed by atoms with Crippen LogP contribution in [0.15, 0.2) is 60.7 Å². The predicted molar refractivity (Wildman–Crippen MR) is 91.2 cm³/mol. The second kappa shape index (κ2) is 8.82. The maximum absolute atomic E-state index is 10.9. The summed E-state index contributed by atoms with van der Waals surface area (Å²) in [5.41, 5.74) is 1.76. The van der Waals surface area contributed by atoms with Crippen LogP contribution in [-0.2, 0) is 6.42 Å². The molecule has 5 heteroatoms. The summed E-state index contributed by atoms with van der Waals surface area (Å²) in [6.45, 7) is 1.01. The molecule has 0 aliphatic heterocycles. The molecule has 23 heavy (non-hydrogen) atoms. The van der Waals surface area contributed by atoms with Crippen LogP contribution >= 0.6 is 0 Å². The third-order valence-corrected chi connectivity index (χ3v) is 3.39. The first-order chi connectivity index (χ1) is 11.2. The number of hydrogen-bond donors (Lipinski definition) is 2. The molecule has 0 amide bonds. The molecule has 2 rings (SSSR count). The van der Waals surface area contributed by atoms with Crippen molar-refractivity contribution >= 4 is 11.8 Å². The second-order valence-corrected chi connectivity index (χ2v) is 5.22. The quantitative estimate of drug-likeness (QED) is 0.446. The maximum atomic E-state index is 10.9. The zero-order valence-corrected chi connectivity index (χ0v) is 12.8. The monoisotopic (exact) mass is 312 g/mol. The first-order valence-corrected chi connectivity index (χ1v) is 7.49. The van der Waals surface area contributed by atoms with Crippen LogP contribution in [0.25, 0.3) is 6.08 Å². The van der Waals surface area contributed by atoms with Crippen molar-refractivity contribution < 1.29 is 10.0 Å². The minimum atomic E-state index is -0.461. The van der Waals surface area contributed by atoms with Crippen LogP contribution in [0.1, 0.15) is 11.1 Å². The average molecular weight is 312 g/mol. The number of nitro benzene ring substituents is 1. The summed E-state index contributed by atoms with van der Waals surface area (Å²) in [7, 11) is 0. The van der Waals surface area contributed by atoms with E-state index in [2.05, 4.69) is 5.32 Å². The highest BCUT2D eigenvalue weighted by atomic mass is 16.6. The van der Waals surface area contributed by atoms with Gasteiger partial charge in [-0.25, -0.2) is 0 Å². The van der Waals surface area contributed by atoms with Gasteiger partial charge in [0.1, 0.15) is 0 Å². The molecule has 2 aromatic rings. The molecule has 2 N–H and O–H groups in total. The van der Waals surface area contributed by atoms with E-state index in [9.17, 15) is 15.2 Å². The maximum Gasteiger partial charge on any atom is 0.276 e. The van der Waals surface area contributed by atoms with Crippen molar-refractivity contribution in [1.82, 2.24) is 5.32 Å². The molecule has 0 fully saturated rings. The highest BCUT2D eigenvalue weighted by Gasteiger charge is 2.09. The molecular formula is C18H20N2O3. The number of aliphatic hydroxyl groups excluding tert-OH is 1. The summed E-state index contributed by atoms with van der Waals surface area (Å²) in [5.74, 6) is 0. The van der Waals surface area contributed by atoms with Crippen LogP contribution in [0.3, 0.4) is 0 Å². The van der Waals surface area contributed by atoms with Gasteiger partial charge in [0, 0.05) is 19.2 Å². The van der Waals surface area contributed by atoms with E-state index in [-0.39, 0.29) is 5.69 Å². The van der Waals surface area contributed by atoms with Crippen LogP contribution in [0.4, 0.5) is 5.69 Å². The van der Waals surface area contributed by atoms with E-state index in [1.807, 2.05) is 36.4 Å². The Kier molecular flexibility index (Phi) is 6.47. The molecule has 120 valence electrons. The smallest absolute Gasteiger partial charge is 0.276 e. The van der Waals surface area contributed by atoms with E-state index < -0.39 is 11.0 Å². The first-order valence-electron chi connectivity index (χ1n) is 7.49. The van der Waals surface area contributed by atoms with Gasteiger partial charge in [0.25, 0.3) is 5.69 Å². The predicted octanol–water partition coefficient (Wildman–Crippen LogP) is 2.80. The molecule has 1 atom stereocenters. The van der Waals surface area contributed by atoms with Crippen LogP contribution in [0.2, 0.25) is 0 Å². The van der Waals surface area contributed by atoms with Gasteiger partial charge in [-0.2, -0.15) is 0 Å². The molecular weight excluding hydrogens is 292 g/mol. The number of nitrogens with zero attached hydrogens (tertiary/aromatic N) is 1. The molecule has 1 unspecified atom stereocenters.